The quantitative estimate of drug-likeness (QED) is 0.649. The molecule has 1 fully saturated rings. The summed E-state index contributed by atoms with van der Waals surface area (Å²) >= 11 is 0. The molecule has 31 heavy (non-hydrogen) atoms. The van der Waals surface area contributed by atoms with Crippen molar-refractivity contribution in [3.63, 3.8) is 0 Å². The highest BCUT2D eigenvalue weighted by atomic mass is 15.2. The number of hydrogen-bond acceptors (Lipinski definition) is 6. The number of aromatic nitrogens is 3. The predicted octanol–water partition coefficient (Wildman–Crippen LogP) is 3.96. The molecule has 6 nitrogen and oxygen atoms in total. The predicted molar refractivity (Wildman–Crippen MR) is 120 cm³/mol. The van der Waals surface area contributed by atoms with Crippen LogP contribution in [0.25, 0.3) is 11.4 Å². The maximum absolute atomic E-state index is 9.21. The molecule has 3 aromatic rings. The van der Waals surface area contributed by atoms with E-state index in [4.69, 9.17) is 9.97 Å². The highest BCUT2D eigenvalue weighted by molar-refractivity contribution is 5.60. The largest absolute Gasteiger partial charge is 0.356 e. The van der Waals surface area contributed by atoms with E-state index in [1.165, 1.54) is 36.1 Å². The van der Waals surface area contributed by atoms with E-state index in [9.17, 15) is 5.26 Å². The van der Waals surface area contributed by atoms with Crippen LogP contribution in [-0.2, 0) is 19.5 Å². The number of anilines is 1. The second-order valence-electron chi connectivity index (χ2n) is 8.35. The first-order valence-electron chi connectivity index (χ1n) is 11.1. The molecule has 0 N–H and O–H groups in total. The van der Waals surface area contributed by atoms with Crippen molar-refractivity contribution in [1.82, 2.24) is 19.9 Å². The summed E-state index contributed by atoms with van der Waals surface area (Å²) in [5.74, 6) is 1.91. The van der Waals surface area contributed by atoms with E-state index in [-0.39, 0.29) is 0 Å². The smallest absolute Gasteiger partial charge is 0.161 e. The number of nitrogens with zero attached hydrogens (tertiary/aromatic N) is 6. The Bertz CT molecular complexity index is 1100. The third kappa shape index (κ3) is 4.28. The summed E-state index contributed by atoms with van der Waals surface area (Å²) in [5.41, 5.74) is 5.35. The molecule has 0 atom stereocenters. The van der Waals surface area contributed by atoms with Crippen molar-refractivity contribution < 1.29 is 0 Å². The summed E-state index contributed by atoms with van der Waals surface area (Å²) in [7, 11) is 0. The normalized spacial score (nSPS) is 16.5. The molecule has 6 heteroatoms. The molecule has 2 aliphatic heterocycles. The van der Waals surface area contributed by atoms with Gasteiger partial charge in [-0.15, -0.1) is 0 Å². The molecule has 1 aromatic carbocycles. The van der Waals surface area contributed by atoms with Crippen LogP contribution in [0.2, 0.25) is 0 Å². The van der Waals surface area contributed by atoms with E-state index in [2.05, 4.69) is 26.9 Å². The van der Waals surface area contributed by atoms with Crippen molar-refractivity contribution in [3.8, 4) is 17.5 Å². The van der Waals surface area contributed by atoms with E-state index in [1.807, 2.05) is 30.3 Å². The summed E-state index contributed by atoms with van der Waals surface area (Å²) in [4.78, 5) is 19.1. The third-order valence-corrected chi connectivity index (χ3v) is 6.17. The van der Waals surface area contributed by atoms with E-state index < -0.39 is 0 Å². The zero-order valence-corrected chi connectivity index (χ0v) is 17.7. The Balaban J connectivity index is 1.47. The Labute approximate surface area is 183 Å². The Hall–Kier alpha value is -3.30. The molecule has 0 radical (unpaired) electrons. The first-order valence-corrected chi connectivity index (χ1v) is 11.1. The lowest BCUT2D eigenvalue weighted by atomic mass is 10.0. The Kier molecular flexibility index (Phi) is 5.59. The minimum atomic E-state index is 0.717. The third-order valence-electron chi connectivity index (χ3n) is 6.17. The fourth-order valence-electron chi connectivity index (χ4n) is 4.58. The highest BCUT2D eigenvalue weighted by Crippen LogP contribution is 2.31. The van der Waals surface area contributed by atoms with Crippen LogP contribution in [0.15, 0.2) is 48.8 Å². The minimum absolute atomic E-state index is 0.717. The van der Waals surface area contributed by atoms with Crippen LogP contribution < -0.4 is 4.90 Å². The number of rotatable bonds is 4. The molecule has 2 aliphatic rings. The Morgan fingerprint density at radius 1 is 0.968 bits per heavy atom. The van der Waals surface area contributed by atoms with E-state index in [0.717, 1.165) is 56.4 Å². The lowest BCUT2D eigenvalue weighted by Gasteiger charge is -2.34. The molecule has 0 unspecified atom stereocenters. The fraction of sp³-hybridized carbons (Fsp3) is 0.360. The lowest BCUT2D eigenvalue weighted by molar-refractivity contribution is 0.243. The average molecular weight is 411 g/mol. The summed E-state index contributed by atoms with van der Waals surface area (Å²) < 4.78 is 0. The van der Waals surface area contributed by atoms with Crippen LogP contribution in [0, 0.1) is 11.3 Å². The van der Waals surface area contributed by atoms with Gasteiger partial charge in [0.15, 0.2) is 5.82 Å². The van der Waals surface area contributed by atoms with Gasteiger partial charge in [-0.2, -0.15) is 5.26 Å². The fourth-order valence-corrected chi connectivity index (χ4v) is 4.58. The van der Waals surface area contributed by atoms with Gasteiger partial charge in [0.2, 0.25) is 0 Å². The summed E-state index contributed by atoms with van der Waals surface area (Å²) in [6, 6.07) is 14.1. The number of piperidine rings is 1. The minimum Gasteiger partial charge on any atom is -0.356 e. The molecule has 5 rings (SSSR count). The maximum Gasteiger partial charge on any atom is 0.161 e. The zero-order chi connectivity index (χ0) is 21.0. The molecule has 156 valence electrons. The topological polar surface area (TPSA) is 68.9 Å². The maximum atomic E-state index is 9.21. The van der Waals surface area contributed by atoms with Gasteiger partial charge in [0, 0.05) is 62.7 Å². The highest BCUT2D eigenvalue weighted by Gasteiger charge is 2.26. The van der Waals surface area contributed by atoms with Crippen molar-refractivity contribution in [2.24, 2.45) is 0 Å². The van der Waals surface area contributed by atoms with Crippen LogP contribution in [0.1, 0.15) is 41.6 Å². The van der Waals surface area contributed by atoms with Crippen LogP contribution in [0.3, 0.4) is 0 Å². The van der Waals surface area contributed by atoms with Crippen molar-refractivity contribution in [2.45, 2.75) is 38.8 Å². The van der Waals surface area contributed by atoms with Gasteiger partial charge in [-0.05, 0) is 49.1 Å². The molecular formula is C25H26N6. The van der Waals surface area contributed by atoms with Crippen LogP contribution in [0.5, 0.6) is 0 Å². The molecule has 0 aliphatic carbocycles. The Morgan fingerprint density at radius 3 is 2.61 bits per heavy atom. The van der Waals surface area contributed by atoms with Crippen LogP contribution in [0.4, 0.5) is 5.82 Å². The van der Waals surface area contributed by atoms with Crippen molar-refractivity contribution in [3.05, 3.63) is 71.2 Å². The number of benzene rings is 1. The van der Waals surface area contributed by atoms with Crippen LogP contribution in [-0.4, -0.2) is 39.5 Å². The summed E-state index contributed by atoms with van der Waals surface area (Å²) in [6.45, 7) is 4.75. The second-order valence-corrected chi connectivity index (χ2v) is 8.35. The van der Waals surface area contributed by atoms with Gasteiger partial charge in [-0.3, -0.25) is 9.88 Å². The van der Waals surface area contributed by atoms with Gasteiger partial charge in [0.1, 0.15) is 5.82 Å². The SMILES string of the molecule is N#Cc1cccc(CN2CCc3nc(-c4ccncc4)nc(N4CCCCC4)c3C2)c1. The lowest BCUT2D eigenvalue weighted by Crippen LogP contribution is -2.36. The van der Waals surface area contributed by atoms with Crippen molar-refractivity contribution >= 4 is 5.82 Å². The molecule has 1 saturated heterocycles. The molecule has 0 bridgehead atoms. The first-order chi connectivity index (χ1) is 15.3. The number of nitriles is 1. The first kappa shape index (κ1) is 19.7. The van der Waals surface area contributed by atoms with Crippen molar-refractivity contribution in [1.29, 1.82) is 5.26 Å². The van der Waals surface area contributed by atoms with Gasteiger partial charge < -0.3 is 4.90 Å². The monoisotopic (exact) mass is 410 g/mol. The van der Waals surface area contributed by atoms with Crippen LogP contribution >= 0.6 is 0 Å². The van der Waals surface area contributed by atoms with Gasteiger partial charge in [0.25, 0.3) is 0 Å². The molecule has 2 aromatic heterocycles. The number of pyridine rings is 1. The molecule has 0 saturated carbocycles. The van der Waals surface area contributed by atoms with Gasteiger partial charge >= 0.3 is 0 Å². The number of fused-ring (bicyclic) bond motifs is 1. The Morgan fingerprint density at radius 2 is 1.81 bits per heavy atom. The molecule has 0 spiro atoms. The van der Waals surface area contributed by atoms with E-state index >= 15 is 0 Å². The van der Waals surface area contributed by atoms with Gasteiger partial charge in [0.05, 0.1) is 17.3 Å². The van der Waals surface area contributed by atoms with E-state index in [0.29, 0.717) is 5.56 Å². The van der Waals surface area contributed by atoms with Gasteiger partial charge in [-0.25, -0.2) is 9.97 Å². The molecule has 4 heterocycles. The number of hydrogen-bond donors (Lipinski definition) is 0. The zero-order valence-electron chi connectivity index (χ0n) is 17.7. The summed E-state index contributed by atoms with van der Waals surface area (Å²) in [6.07, 6.45) is 8.24. The van der Waals surface area contributed by atoms with Gasteiger partial charge in [-0.1, -0.05) is 12.1 Å². The molecule has 0 amide bonds. The molecular weight excluding hydrogens is 384 g/mol. The van der Waals surface area contributed by atoms with E-state index in [1.54, 1.807) is 12.4 Å². The van der Waals surface area contributed by atoms with Crippen molar-refractivity contribution in [2.75, 3.05) is 24.5 Å². The second kappa shape index (κ2) is 8.83. The standard InChI is InChI=1S/C25H26N6/c26-16-19-5-4-6-20(15-19)17-30-14-9-23-22(18-30)25(31-12-2-1-3-13-31)29-24(28-23)21-7-10-27-11-8-21/h4-8,10-11,15H,1-3,9,12-14,17-18H2. The summed E-state index contributed by atoms with van der Waals surface area (Å²) in [5, 5.41) is 9.21. The average Bonchev–Trinajstić information content (AvgIpc) is 2.84.